The third-order valence-electron chi connectivity index (χ3n) is 6.85. The van der Waals surface area contributed by atoms with Gasteiger partial charge in [-0.2, -0.15) is 4.31 Å². The summed E-state index contributed by atoms with van der Waals surface area (Å²) in [7, 11) is -3.51. The van der Waals surface area contributed by atoms with Crippen LogP contribution in [0.5, 0.6) is 0 Å². The van der Waals surface area contributed by atoms with E-state index in [9.17, 15) is 13.2 Å². The number of thiazole rings is 1. The molecule has 33 heavy (non-hydrogen) atoms. The van der Waals surface area contributed by atoms with E-state index in [1.807, 2.05) is 42.2 Å². The summed E-state index contributed by atoms with van der Waals surface area (Å²) in [6, 6.07) is 15.2. The van der Waals surface area contributed by atoms with Crippen LogP contribution in [-0.2, 0) is 14.8 Å². The zero-order chi connectivity index (χ0) is 23.0. The molecule has 6 nitrogen and oxygen atoms in total. The number of sulfonamides is 1. The summed E-state index contributed by atoms with van der Waals surface area (Å²) < 4.78 is 28.7. The number of hydrogen-bond acceptors (Lipinski definition) is 5. The maximum absolute atomic E-state index is 13.3. The first kappa shape index (κ1) is 22.5. The number of benzene rings is 2. The average molecular weight is 484 g/mol. The Morgan fingerprint density at radius 1 is 1.00 bits per heavy atom. The Kier molecular flexibility index (Phi) is 6.24. The lowest BCUT2D eigenvalue weighted by Crippen LogP contribution is -2.46. The third-order valence-corrected chi connectivity index (χ3v) is 9.97. The molecule has 2 saturated heterocycles. The third kappa shape index (κ3) is 4.56. The van der Waals surface area contributed by atoms with Crippen LogP contribution in [0.15, 0.2) is 53.4 Å². The second kappa shape index (κ2) is 9.16. The summed E-state index contributed by atoms with van der Waals surface area (Å²) >= 11 is 1.73. The number of rotatable bonds is 4. The highest BCUT2D eigenvalue weighted by Gasteiger charge is 2.35. The number of para-hydroxylation sites is 1. The van der Waals surface area contributed by atoms with Gasteiger partial charge in [-0.05, 0) is 56.9 Å². The molecule has 1 atom stereocenters. The van der Waals surface area contributed by atoms with Crippen LogP contribution in [0.3, 0.4) is 0 Å². The summed E-state index contributed by atoms with van der Waals surface area (Å²) in [5.41, 5.74) is 2.06. The fourth-order valence-electron chi connectivity index (χ4n) is 4.90. The fourth-order valence-corrected chi connectivity index (χ4v) is 7.47. The first-order valence-corrected chi connectivity index (χ1v) is 13.9. The van der Waals surface area contributed by atoms with Gasteiger partial charge in [-0.3, -0.25) is 4.79 Å². The van der Waals surface area contributed by atoms with Crippen molar-refractivity contribution in [2.45, 2.75) is 43.4 Å². The standard InChI is InChI=1S/C25H29N3O3S2/c1-18-8-10-21(11-9-18)33(30,31)28-15-12-19(13-16-28)25(29)27-14-4-5-20(17-27)24-26-22-6-2-3-7-23(22)32-24/h2-3,6-11,19-20H,4-5,12-17H2,1H3. The second-order valence-corrected chi connectivity index (χ2v) is 12.1. The van der Waals surface area contributed by atoms with Crippen molar-refractivity contribution >= 4 is 37.5 Å². The molecule has 0 radical (unpaired) electrons. The van der Waals surface area contributed by atoms with Gasteiger partial charge in [0.15, 0.2) is 0 Å². The monoisotopic (exact) mass is 483 g/mol. The van der Waals surface area contributed by atoms with Crippen LogP contribution in [0.2, 0.25) is 0 Å². The number of carbonyl (C=O) groups is 1. The fraction of sp³-hybridized carbons (Fsp3) is 0.440. The van der Waals surface area contributed by atoms with Crippen molar-refractivity contribution in [3.63, 3.8) is 0 Å². The Morgan fingerprint density at radius 2 is 1.73 bits per heavy atom. The van der Waals surface area contributed by atoms with E-state index >= 15 is 0 Å². The lowest BCUT2D eigenvalue weighted by Gasteiger charge is -2.37. The van der Waals surface area contributed by atoms with Crippen LogP contribution in [0.25, 0.3) is 10.2 Å². The number of nitrogens with zero attached hydrogens (tertiary/aromatic N) is 3. The van der Waals surface area contributed by atoms with Gasteiger partial charge in [-0.1, -0.05) is 29.8 Å². The first-order valence-electron chi connectivity index (χ1n) is 11.6. The number of amides is 1. The van der Waals surface area contributed by atoms with Crippen molar-refractivity contribution in [2.75, 3.05) is 26.2 Å². The van der Waals surface area contributed by atoms with Crippen LogP contribution in [0, 0.1) is 12.8 Å². The van der Waals surface area contributed by atoms with E-state index in [0.717, 1.165) is 35.5 Å². The highest BCUT2D eigenvalue weighted by atomic mass is 32.2. The van der Waals surface area contributed by atoms with Gasteiger partial charge in [0.2, 0.25) is 15.9 Å². The molecule has 1 unspecified atom stereocenters. The van der Waals surface area contributed by atoms with E-state index in [4.69, 9.17) is 4.98 Å². The van der Waals surface area contributed by atoms with Gasteiger partial charge in [0, 0.05) is 38.0 Å². The molecule has 1 amide bonds. The van der Waals surface area contributed by atoms with Crippen LogP contribution in [-0.4, -0.2) is 54.7 Å². The zero-order valence-corrected chi connectivity index (χ0v) is 20.4. The molecule has 2 aromatic carbocycles. The van der Waals surface area contributed by atoms with Crippen molar-refractivity contribution in [3.8, 4) is 0 Å². The van der Waals surface area contributed by atoms with Crippen LogP contribution < -0.4 is 0 Å². The summed E-state index contributed by atoms with van der Waals surface area (Å²) in [6.07, 6.45) is 3.18. The minimum atomic E-state index is -3.51. The van der Waals surface area contributed by atoms with Crippen LogP contribution in [0.4, 0.5) is 0 Å². The molecular weight excluding hydrogens is 454 g/mol. The maximum Gasteiger partial charge on any atom is 0.243 e. The minimum absolute atomic E-state index is 0.108. The maximum atomic E-state index is 13.3. The number of likely N-dealkylation sites (tertiary alicyclic amines) is 1. The minimum Gasteiger partial charge on any atom is -0.342 e. The summed E-state index contributed by atoms with van der Waals surface area (Å²) in [5, 5.41) is 1.12. The lowest BCUT2D eigenvalue weighted by molar-refractivity contribution is -0.138. The number of carbonyl (C=O) groups excluding carboxylic acids is 1. The van der Waals surface area contributed by atoms with Crippen LogP contribution >= 0.6 is 11.3 Å². The number of aryl methyl sites for hydroxylation is 1. The molecule has 5 rings (SSSR count). The van der Waals surface area contributed by atoms with E-state index in [1.54, 1.807) is 23.5 Å². The zero-order valence-electron chi connectivity index (χ0n) is 18.8. The Balaban J connectivity index is 1.22. The first-order chi connectivity index (χ1) is 15.9. The molecule has 2 fully saturated rings. The van der Waals surface area contributed by atoms with Gasteiger partial charge in [0.25, 0.3) is 0 Å². The topological polar surface area (TPSA) is 70.6 Å². The molecule has 3 heterocycles. The molecule has 1 aromatic heterocycles. The van der Waals surface area contributed by atoms with Crippen molar-refractivity contribution in [3.05, 3.63) is 59.1 Å². The molecule has 0 saturated carbocycles. The smallest absolute Gasteiger partial charge is 0.243 e. The van der Waals surface area contributed by atoms with E-state index in [1.165, 1.54) is 9.01 Å². The largest absolute Gasteiger partial charge is 0.342 e. The SMILES string of the molecule is Cc1ccc(S(=O)(=O)N2CCC(C(=O)N3CCCC(c4nc5ccccc5s4)C3)CC2)cc1. The van der Waals surface area contributed by atoms with E-state index in [2.05, 4.69) is 6.07 Å². The molecule has 2 aliphatic rings. The highest BCUT2D eigenvalue weighted by molar-refractivity contribution is 7.89. The number of hydrogen-bond donors (Lipinski definition) is 0. The molecule has 8 heteroatoms. The van der Waals surface area contributed by atoms with Crippen molar-refractivity contribution in [2.24, 2.45) is 5.92 Å². The van der Waals surface area contributed by atoms with Gasteiger partial charge < -0.3 is 4.90 Å². The number of aromatic nitrogens is 1. The van der Waals surface area contributed by atoms with E-state index in [-0.39, 0.29) is 17.7 Å². The Bertz CT molecular complexity index is 1210. The predicted molar refractivity (Wildman–Crippen MR) is 131 cm³/mol. The Hall–Kier alpha value is -2.29. The quantitative estimate of drug-likeness (QED) is 0.551. The van der Waals surface area contributed by atoms with Crippen molar-refractivity contribution in [1.29, 1.82) is 0 Å². The van der Waals surface area contributed by atoms with E-state index in [0.29, 0.717) is 37.4 Å². The number of fused-ring (bicyclic) bond motifs is 1. The Morgan fingerprint density at radius 3 is 2.45 bits per heavy atom. The number of piperidine rings is 2. The normalized spacial score (nSPS) is 20.9. The molecule has 3 aromatic rings. The van der Waals surface area contributed by atoms with Crippen molar-refractivity contribution in [1.82, 2.24) is 14.2 Å². The predicted octanol–water partition coefficient (Wildman–Crippen LogP) is 4.41. The second-order valence-electron chi connectivity index (χ2n) is 9.13. The highest BCUT2D eigenvalue weighted by Crippen LogP contribution is 2.34. The lowest BCUT2D eigenvalue weighted by atomic mass is 9.93. The molecule has 0 bridgehead atoms. The van der Waals surface area contributed by atoms with Gasteiger partial charge in [-0.15, -0.1) is 11.3 Å². The Labute approximate surface area is 199 Å². The molecule has 0 aliphatic carbocycles. The summed E-state index contributed by atoms with van der Waals surface area (Å²) in [5.74, 6) is 0.346. The van der Waals surface area contributed by atoms with Crippen LogP contribution in [0.1, 0.15) is 42.2 Å². The van der Waals surface area contributed by atoms with Gasteiger partial charge in [0.05, 0.1) is 20.1 Å². The molecule has 174 valence electrons. The summed E-state index contributed by atoms with van der Waals surface area (Å²) in [4.78, 5) is 20.4. The molecule has 2 aliphatic heterocycles. The van der Waals surface area contributed by atoms with Gasteiger partial charge >= 0.3 is 0 Å². The molecule has 0 spiro atoms. The average Bonchev–Trinajstić information content (AvgIpc) is 3.28. The van der Waals surface area contributed by atoms with Crippen molar-refractivity contribution < 1.29 is 13.2 Å². The summed E-state index contributed by atoms with van der Waals surface area (Å²) in [6.45, 7) is 4.21. The van der Waals surface area contributed by atoms with E-state index < -0.39 is 10.0 Å². The van der Waals surface area contributed by atoms with Gasteiger partial charge in [-0.25, -0.2) is 13.4 Å². The van der Waals surface area contributed by atoms with Gasteiger partial charge in [0.1, 0.15) is 0 Å². The molecular formula is C25H29N3O3S2. The molecule has 0 N–H and O–H groups in total.